The standard InChI is InChI=1S/C23H19NO3/c1-16(26)22-14-21(20-10-6-5-7-17(20)15-25)23-13-19(11-12-24(22)23)27-18-8-3-2-4-9-18/h2-14,25H,15H2,1H3. The summed E-state index contributed by atoms with van der Waals surface area (Å²) in [6, 6.07) is 22.9. The third kappa shape index (κ3) is 3.23. The summed E-state index contributed by atoms with van der Waals surface area (Å²) in [7, 11) is 0. The van der Waals surface area contributed by atoms with Gasteiger partial charge >= 0.3 is 0 Å². The molecule has 0 radical (unpaired) electrons. The fraction of sp³-hybridized carbons (Fsp3) is 0.0870. The van der Waals surface area contributed by atoms with Crippen molar-refractivity contribution in [3.05, 3.63) is 90.3 Å². The second kappa shape index (κ2) is 7.09. The number of aliphatic hydroxyl groups is 1. The number of benzene rings is 2. The third-order valence-corrected chi connectivity index (χ3v) is 4.56. The van der Waals surface area contributed by atoms with Gasteiger partial charge < -0.3 is 14.2 Å². The number of nitrogens with zero attached hydrogens (tertiary/aromatic N) is 1. The van der Waals surface area contributed by atoms with Crippen LogP contribution >= 0.6 is 0 Å². The van der Waals surface area contributed by atoms with Crippen LogP contribution in [0.1, 0.15) is 23.0 Å². The number of rotatable bonds is 5. The Balaban J connectivity index is 1.89. The van der Waals surface area contributed by atoms with E-state index in [2.05, 4.69) is 0 Å². The van der Waals surface area contributed by atoms with Crippen LogP contribution in [0.2, 0.25) is 0 Å². The lowest BCUT2D eigenvalue weighted by Gasteiger charge is -2.09. The van der Waals surface area contributed by atoms with E-state index in [1.807, 2.05) is 83.4 Å². The van der Waals surface area contributed by atoms with Crippen LogP contribution < -0.4 is 4.74 Å². The van der Waals surface area contributed by atoms with Crippen LogP contribution in [-0.2, 0) is 6.61 Å². The molecule has 0 unspecified atom stereocenters. The summed E-state index contributed by atoms with van der Waals surface area (Å²) < 4.78 is 7.82. The summed E-state index contributed by atoms with van der Waals surface area (Å²) in [6.45, 7) is 1.49. The molecular formula is C23H19NO3. The Hall–Kier alpha value is -3.37. The third-order valence-electron chi connectivity index (χ3n) is 4.56. The molecule has 0 saturated heterocycles. The maximum Gasteiger partial charge on any atom is 0.176 e. The molecule has 2 aromatic heterocycles. The molecule has 0 bridgehead atoms. The van der Waals surface area contributed by atoms with Crippen LogP contribution in [0.4, 0.5) is 0 Å². The fourth-order valence-electron chi connectivity index (χ4n) is 3.27. The van der Waals surface area contributed by atoms with Gasteiger partial charge in [-0.2, -0.15) is 0 Å². The number of aromatic nitrogens is 1. The van der Waals surface area contributed by atoms with Crippen LogP contribution in [0, 0.1) is 0 Å². The van der Waals surface area contributed by atoms with Crippen LogP contribution in [0.25, 0.3) is 16.6 Å². The molecule has 0 amide bonds. The summed E-state index contributed by atoms with van der Waals surface area (Å²) in [5, 5.41) is 9.72. The van der Waals surface area contributed by atoms with Crippen LogP contribution in [0.3, 0.4) is 0 Å². The van der Waals surface area contributed by atoms with E-state index in [4.69, 9.17) is 4.74 Å². The Bertz CT molecular complexity index is 1110. The van der Waals surface area contributed by atoms with E-state index in [-0.39, 0.29) is 12.4 Å². The fourth-order valence-corrected chi connectivity index (χ4v) is 3.27. The molecule has 2 heterocycles. The highest BCUT2D eigenvalue weighted by atomic mass is 16.5. The quantitative estimate of drug-likeness (QED) is 0.506. The number of ether oxygens (including phenoxy) is 1. The molecule has 4 nitrogen and oxygen atoms in total. The number of ketones is 1. The van der Waals surface area contributed by atoms with Crippen molar-refractivity contribution in [1.29, 1.82) is 0 Å². The molecule has 4 heteroatoms. The van der Waals surface area contributed by atoms with Gasteiger partial charge in [-0.1, -0.05) is 42.5 Å². The average Bonchev–Trinajstić information content (AvgIpc) is 3.08. The van der Waals surface area contributed by atoms with Gasteiger partial charge in [-0.05, 0) is 35.4 Å². The van der Waals surface area contributed by atoms with Crippen molar-refractivity contribution in [3.8, 4) is 22.6 Å². The molecule has 0 fully saturated rings. The molecule has 134 valence electrons. The van der Waals surface area contributed by atoms with Crippen molar-refractivity contribution in [2.24, 2.45) is 0 Å². The monoisotopic (exact) mass is 357 g/mol. The average molecular weight is 357 g/mol. The summed E-state index contributed by atoms with van der Waals surface area (Å²) in [4.78, 5) is 12.1. The highest BCUT2D eigenvalue weighted by Crippen LogP contribution is 2.34. The predicted octanol–water partition coefficient (Wildman–Crippen LogP) is 5.09. The first kappa shape index (κ1) is 17.1. The maximum atomic E-state index is 12.1. The van der Waals surface area contributed by atoms with Gasteiger partial charge in [-0.25, -0.2) is 0 Å². The highest BCUT2D eigenvalue weighted by Gasteiger charge is 2.16. The van der Waals surface area contributed by atoms with E-state index in [0.29, 0.717) is 11.4 Å². The molecule has 0 saturated carbocycles. The van der Waals surface area contributed by atoms with Gasteiger partial charge in [-0.3, -0.25) is 4.79 Å². The number of fused-ring (bicyclic) bond motifs is 1. The number of carbonyl (C=O) groups excluding carboxylic acids is 1. The largest absolute Gasteiger partial charge is 0.457 e. The summed E-state index contributed by atoms with van der Waals surface area (Å²) in [5.74, 6) is 1.41. The maximum absolute atomic E-state index is 12.1. The van der Waals surface area contributed by atoms with Crippen molar-refractivity contribution in [2.45, 2.75) is 13.5 Å². The summed E-state index contributed by atoms with van der Waals surface area (Å²) in [5.41, 5.74) is 4.06. The normalized spacial score (nSPS) is 10.9. The Morgan fingerprint density at radius 1 is 0.926 bits per heavy atom. The van der Waals surface area contributed by atoms with Gasteiger partial charge in [-0.15, -0.1) is 0 Å². The van der Waals surface area contributed by atoms with Crippen molar-refractivity contribution in [3.63, 3.8) is 0 Å². The van der Waals surface area contributed by atoms with E-state index >= 15 is 0 Å². The molecular weight excluding hydrogens is 338 g/mol. The zero-order valence-electron chi connectivity index (χ0n) is 14.9. The van der Waals surface area contributed by atoms with Crippen molar-refractivity contribution >= 4 is 11.3 Å². The number of hydrogen-bond acceptors (Lipinski definition) is 3. The van der Waals surface area contributed by atoms with E-state index in [0.717, 1.165) is 28.0 Å². The zero-order valence-corrected chi connectivity index (χ0v) is 14.9. The van der Waals surface area contributed by atoms with E-state index in [1.54, 1.807) is 6.92 Å². The first-order valence-corrected chi connectivity index (χ1v) is 8.75. The first-order chi connectivity index (χ1) is 13.2. The minimum absolute atomic E-state index is 0.0190. The summed E-state index contributed by atoms with van der Waals surface area (Å²) in [6.07, 6.45) is 1.84. The number of para-hydroxylation sites is 1. The lowest BCUT2D eigenvalue weighted by atomic mass is 10.0. The van der Waals surface area contributed by atoms with E-state index < -0.39 is 0 Å². The zero-order chi connectivity index (χ0) is 18.8. The summed E-state index contributed by atoms with van der Waals surface area (Å²) >= 11 is 0. The molecule has 0 aliphatic rings. The van der Waals surface area contributed by atoms with Crippen LogP contribution in [0.15, 0.2) is 79.0 Å². The lowest BCUT2D eigenvalue weighted by molar-refractivity contribution is 0.101. The Labute approximate surface area is 157 Å². The van der Waals surface area contributed by atoms with Crippen LogP contribution in [-0.4, -0.2) is 15.3 Å². The predicted molar refractivity (Wildman–Crippen MR) is 105 cm³/mol. The molecule has 0 atom stereocenters. The van der Waals surface area contributed by atoms with Crippen molar-refractivity contribution < 1.29 is 14.6 Å². The highest BCUT2D eigenvalue weighted by molar-refractivity contribution is 5.98. The molecule has 2 aromatic carbocycles. The number of aliphatic hydroxyl groups excluding tert-OH is 1. The number of Topliss-reactive ketones (excluding diaryl/α,β-unsaturated/α-hetero) is 1. The lowest BCUT2D eigenvalue weighted by Crippen LogP contribution is -1.98. The minimum Gasteiger partial charge on any atom is -0.457 e. The van der Waals surface area contributed by atoms with Crippen LogP contribution in [0.5, 0.6) is 11.5 Å². The van der Waals surface area contributed by atoms with Gasteiger partial charge in [0, 0.05) is 24.8 Å². The Morgan fingerprint density at radius 3 is 2.41 bits per heavy atom. The van der Waals surface area contributed by atoms with Crippen molar-refractivity contribution in [2.75, 3.05) is 0 Å². The number of carbonyl (C=O) groups is 1. The first-order valence-electron chi connectivity index (χ1n) is 8.75. The second-order valence-corrected chi connectivity index (χ2v) is 6.35. The molecule has 1 N–H and O–H groups in total. The Kier molecular flexibility index (Phi) is 4.48. The van der Waals surface area contributed by atoms with Gasteiger partial charge in [0.2, 0.25) is 0 Å². The van der Waals surface area contributed by atoms with Gasteiger partial charge in [0.15, 0.2) is 5.78 Å². The van der Waals surface area contributed by atoms with Gasteiger partial charge in [0.25, 0.3) is 0 Å². The molecule has 0 spiro atoms. The molecule has 0 aliphatic carbocycles. The number of hydrogen-bond donors (Lipinski definition) is 1. The van der Waals surface area contributed by atoms with Crippen molar-refractivity contribution in [1.82, 2.24) is 4.40 Å². The van der Waals surface area contributed by atoms with Gasteiger partial charge in [0.05, 0.1) is 17.8 Å². The smallest absolute Gasteiger partial charge is 0.176 e. The molecule has 4 rings (SSSR count). The van der Waals surface area contributed by atoms with E-state index in [1.165, 1.54) is 0 Å². The molecule has 27 heavy (non-hydrogen) atoms. The second-order valence-electron chi connectivity index (χ2n) is 6.35. The number of pyridine rings is 1. The van der Waals surface area contributed by atoms with E-state index in [9.17, 15) is 9.90 Å². The molecule has 4 aromatic rings. The van der Waals surface area contributed by atoms with Gasteiger partial charge in [0.1, 0.15) is 11.5 Å². The molecule has 0 aliphatic heterocycles. The SMILES string of the molecule is CC(=O)c1cc(-c2ccccc2CO)c2cc(Oc3ccccc3)ccn12. The Morgan fingerprint density at radius 2 is 1.67 bits per heavy atom. The topological polar surface area (TPSA) is 50.9 Å². The minimum atomic E-state index is -0.0663.